The first-order valence-electron chi connectivity index (χ1n) is 4.71. The minimum atomic E-state index is -0.798. The van der Waals surface area contributed by atoms with Crippen LogP contribution < -0.4 is 0 Å². The normalized spacial score (nSPS) is 46.2. The molecule has 1 N–H and O–H groups in total. The molecule has 3 fully saturated rings. The molecule has 2 aliphatic heterocycles. The minimum Gasteiger partial charge on any atom is -0.481 e. The second-order valence-corrected chi connectivity index (χ2v) is 4.35. The molecule has 3 aliphatic rings. The van der Waals surface area contributed by atoms with E-state index in [-0.39, 0.29) is 18.4 Å². The molecule has 4 heteroatoms. The van der Waals surface area contributed by atoms with Crippen LogP contribution in [0.2, 0.25) is 0 Å². The lowest BCUT2D eigenvalue weighted by Gasteiger charge is -2.20. The maximum Gasteiger partial charge on any atom is 0.309 e. The Hall–Kier alpha value is -1.06. The molecule has 2 heterocycles. The Kier molecular flexibility index (Phi) is 1.16. The van der Waals surface area contributed by atoms with Gasteiger partial charge in [-0.05, 0) is 18.3 Å². The van der Waals surface area contributed by atoms with E-state index in [1.807, 2.05) is 0 Å². The molecule has 70 valence electrons. The van der Waals surface area contributed by atoms with Gasteiger partial charge in [0.15, 0.2) is 0 Å². The van der Waals surface area contributed by atoms with Crippen molar-refractivity contribution >= 4 is 11.9 Å². The summed E-state index contributed by atoms with van der Waals surface area (Å²) in [5, 5.41) is 8.94. The summed E-state index contributed by atoms with van der Waals surface area (Å²) in [5.74, 6) is -0.0494. The molecule has 0 aromatic rings. The van der Waals surface area contributed by atoms with Crippen molar-refractivity contribution in [1.82, 2.24) is 4.90 Å². The topological polar surface area (TPSA) is 57.6 Å². The molecule has 4 nitrogen and oxygen atoms in total. The number of carbonyl (C=O) groups excluding carboxylic acids is 1. The predicted octanol–water partition coefficient (Wildman–Crippen LogP) is -0.0622. The van der Waals surface area contributed by atoms with Gasteiger partial charge in [0.25, 0.3) is 0 Å². The number of hydrogen-bond donors (Lipinski definition) is 1. The number of nitrogens with zero attached hydrogens (tertiary/aromatic N) is 1. The number of aliphatic carboxylic acids is 1. The Bertz CT molecular complexity index is 301. The molecule has 4 atom stereocenters. The van der Waals surface area contributed by atoms with Crippen LogP contribution in [-0.4, -0.2) is 34.5 Å². The zero-order chi connectivity index (χ0) is 9.16. The van der Waals surface area contributed by atoms with Crippen LogP contribution in [0.1, 0.15) is 12.8 Å². The van der Waals surface area contributed by atoms with Crippen molar-refractivity contribution in [1.29, 1.82) is 0 Å². The van der Waals surface area contributed by atoms with Crippen LogP contribution >= 0.6 is 0 Å². The molecular formula is C9H11NO3. The minimum absolute atomic E-state index is 0.0370. The van der Waals surface area contributed by atoms with E-state index in [0.717, 1.165) is 13.0 Å². The van der Waals surface area contributed by atoms with Gasteiger partial charge in [0.1, 0.15) is 0 Å². The molecule has 2 saturated heterocycles. The third kappa shape index (κ3) is 0.806. The fraction of sp³-hybridized carbons (Fsp3) is 0.778. The highest BCUT2D eigenvalue weighted by Gasteiger charge is 2.61. The fourth-order valence-electron chi connectivity index (χ4n) is 2.95. The van der Waals surface area contributed by atoms with Crippen LogP contribution in [0.25, 0.3) is 0 Å². The maximum atomic E-state index is 11.4. The first-order valence-corrected chi connectivity index (χ1v) is 4.71. The van der Waals surface area contributed by atoms with E-state index in [1.165, 1.54) is 0 Å². The van der Waals surface area contributed by atoms with Crippen molar-refractivity contribution in [3.8, 4) is 0 Å². The highest BCUT2D eigenvalue weighted by molar-refractivity contribution is 5.87. The Morgan fingerprint density at radius 3 is 3.00 bits per heavy atom. The quantitative estimate of drug-likeness (QED) is 0.616. The number of fused-ring (bicyclic) bond motifs is 3. The lowest BCUT2D eigenvalue weighted by Crippen LogP contribution is -2.35. The largest absolute Gasteiger partial charge is 0.481 e. The monoisotopic (exact) mass is 181 g/mol. The van der Waals surface area contributed by atoms with Crippen molar-refractivity contribution in [3.05, 3.63) is 0 Å². The van der Waals surface area contributed by atoms with Crippen LogP contribution in [0.3, 0.4) is 0 Å². The van der Waals surface area contributed by atoms with Gasteiger partial charge in [-0.1, -0.05) is 0 Å². The van der Waals surface area contributed by atoms with Gasteiger partial charge in [0, 0.05) is 19.0 Å². The lowest BCUT2D eigenvalue weighted by molar-refractivity contribution is -0.142. The molecule has 0 aromatic carbocycles. The third-order valence-electron chi connectivity index (χ3n) is 3.65. The zero-order valence-electron chi connectivity index (χ0n) is 7.14. The van der Waals surface area contributed by atoms with Crippen LogP contribution in [0.4, 0.5) is 0 Å². The van der Waals surface area contributed by atoms with E-state index in [1.54, 1.807) is 4.90 Å². The van der Waals surface area contributed by atoms with Gasteiger partial charge in [-0.15, -0.1) is 0 Å². The van der Waals surface area contributed by atoms with Crippen molar-refractivity contribution in [3.63, 3.8) is 0 Å². The maximum absolute atomic E-state index is 11.4. The Balaban J connectivity index is 1.92. The number of hydrogen-bond acceptors (Lipinski definition) is 2. The summed E-state index contributed by atoms with van der Waals surface area (Å²) in [7, 11) is 0. The summed E-state index contributed by atoms with van der Waals surface area (Å²) >= 11 is 0. The van der Waals surface area contributed by atoms with Crippen LogP contribution in [0.15, 0.2) is 0 Å². The van der Waals surface area contributed by atoms with E-state index in [4.69, 9.17) is 5.11 Å². The lowest BCUT2D eigenvalue weighted by atomic mass is 9.97. The molecule has 0 spiro atoms. The molecule has 13 heavy (non-hydrogen) atoms. The van der Waals surface area contributed by atoms with E-state index >= 15 is 0 Å². The number of amides is 1. The first-order chi connectivity index (χ1) is 6.18. The number of carbonyl (C=O) groups is 2. The molecular weight excluding hydrogens is 170 g/mol. The number of carboxylic acid groups (broad SMARTS) is 1. The molecule has 1 saturated carbocycles. The van der Waals surface area contributed by atoms with E-state index < -0.39 is 11.9 Å². The van der Waals surface area contributed by atoms with Crippen LogP contribution in [0.5, 0.6) is 0 Å². The highest BCUT2D eigenvalue weighted by atomic mass is 16.4. The fourth-order valence-corrected chi connectivity index (χ4v) is 2.95. The number of rotatable bonds is 1. The second-order valence-electron chi connectivity index (χ2n) is 4.35. The van der Waals surface area contributed by atoms with Crippen molar-refractivity contribution in [2.75, 3.05) is 6.54 Å². The molecule has 3 rings (SSSR count). The van der Waals surface area contributed by atoms with Gasteiger partial charge in [-0.25, -0.2) is 0 Å². The average Bonchev–Trinajstić information content (AvgIpc) is 2.61. The van der Waals surface area contributed by atoms with Gasteiger partial charge in [-0.3, -0.25) is 9.59 Å². The zero-order valence-corrected chi connectivity index (χ0v) is 7.14. The summed E-state index contributed by atoms with van der Waals surface area (Å²) in [4.78, 5) is 24.1. The smallest absolute Gasteiger partial charge is 0.309 e. The summed E-state index contributed by atoms with van der Waals surface area (Å²) in [6, 6.07) is 0.0370. The molecule has 4 unspecified atom stereocenters. The first kappa shape index (κ1) is 7.35. The van der Waals surface area contributed by atoms with E-state index in [2.05, 4.69) is 0 Å². The highest BCUT2D eigenvalue weighted by Crippen LogP contribution is 2.54. The molecule has 1 amide bonds. The summed E-state index contributed by atoms with van der Waals surface area (Å²) in [5.41, 5.74) is 0. The van der Waals surface area contributed by atoms with Crippen LogP contribution in [-0.2, 0) is 9.59 Å². The Morgan fingerprint density at radius 2 is 2.31 bits per heavy atom. The van der Waals surface area contributed by atoms with E-state index in [9.17, 15) is 9.59 Å². The molecule has 0 aromatic heterocycles. The van der Waals surface area contributed by atoms with E-state index in [0.29, 0.717) is 11.8 Å². The molecule has 0 radical (unpaired) electrons. The van der Waals surface area contributed by atoms with Gasteiger partial charge in [-0.2, -0.15) is 0 Å². The molecule has 1 aliphatic carbocycles. The predicted molar refractivity (Wildman–Crippen MR) is 42.8 cm³/mol. The standard InChI is InChI=1S/C9H11NO3/c11-7-2-6(9(12)13)8-5-1-4(5)3-10(7)8/h4-6,8H,1-3H2,(H,12,13). The van der Waals surface area contributed by atoms with Crippen molar-refractivity contribution < 1.29 is 14.7 Å². The SMILES string of the molecule is O=C(O)C1CC(=O)N2CC3CC3C12. The van der Waals surface area contributed by atoms with Crippen molar-refractivity contribution in [2.45, 2.75) is 18.9 Å². The van der Waals surface area contributed by atoms with Crippen molar-refractivity contribution in [2.24, 2.45) is 17.8 Å². The molecule has 0 bridgehead atoms. The summed E-state index contributed by atoms with van der Waals surface area (Å²) in [6.07, 6.45) is 1.36. The van der Waals surface area contributed by atoms with Crippen LogP contribution in [0, 0.1) is 17.8 Å². The third-order valence-corrected chi connectivity index (χ3v) is 3.65. The summed E-state index contributed by atoms with van der Waals surface area (Å²) < 4.78 is 0. The summed E-state index contributed by atoms with van der Waals surface area (Å²) in [6.45, 7) is 0.817. The van der Waals surface area contributed by atoms with Gasteiger partial charge < -0.3 is 10.0 Å². The Morgan fingerprint density at radius 1 is 1.54 bits per heavy atom. The second kappa shape index (κ2) is 2.05. The average molecular weight is 181 g/mol. The van der Waals surface area contributed by atoms with Gasteiger partial charge in [0.2, 0.25) is 5.91 Å². The number of carboxylic acids is 1. The number of piperidine rings is 1. The van der Waals surface area contributed by atoms with Gasteiger partial charge in [0.05, 0.1) is 5.92 Å². The Labute approximate surface area is 75.5 Å². The van der Waals surface area contributed by atoms with Gasteiger partial charge >= 0.3 is 5.97 Å².